The van der Waals surface area contributed by atoms with Crippen molar-refractivity contribution < 1.29 is 4.79 Å². The standard InChI is InChI=1S/C19H12ClN3O/c20-17-11-10-13(12-21-17)22-18-15-8-4-5-9-16(15)23(19(18)24)14-6-2-1-3-7-14/h1-12H. The fourth-order valence-electron chi connectivity index (χ4n) is 2.70. The summed E-state index contributed by atoms with van der Waals surface area (Å²) < 4.78 is 0. The van der Waals surface area contributed by atoms with E-state index in [-0.39, 0.29) is 5.91 Å². The van der Waals surface area contributed by atoms with Crippen molar-refractivity contribution in [2.75, 3.05) is 4.90 Å². The fourth-order valence-corrected chi connectivity index (χ4v) is 2.82. The van der Waals surface area contributed by atoms with Gasteiger partial charge in [-0.25, -0.2) is 9.98 Å². The Morgan fingerprint density at radius 1 is 0.917 bits per heavy atom. The van der Waals surface area contributed by atoms with Crippen molar-refractivity contribution in [2.24, 2.45) is 4.99 Å². The molecule has 0 saturated carbocycles. The maximum atomic E-state index is 13.0. The van der Waals surface area contributed by atoms with Crippen molar-refractivity contribution in [3.8, 4) is 0 Å². The Bertz CT molecular complexity index is 936. The van der Waals surface area contributed by atoms with Gasteiger partial charge in [0.25, 0.3) is 5.91 Å². The lowest BCUT2D eigenvalue weighted by molar-refractivity contribution is -0.111. The molecule has 116 valence electrons. The number of pyridine rings is 1. The van der Waals surface area contributed by atoms with Gasteiger partial charge in [0.05, 0.1) is 17.6 Å². The van der Waals surface area contributed by atoms with Crippen LogP contribution in [0, 0.1) is 0 Å². The molecule has 24 heavy (non-hydrogen) atoms. The summed E-state index contributed by atoms with van der Waals surface area (Å²) in [7, 11) is 0. The zero-order valence-corrected chi connectivity index (χ0v) is 13.3. The highest BCUT2D eigenvalue weighted by atomic mass is 35.5. The number of aromatic nitrogens is 1. The molecule has 3 aromatic rings. The van der Waals surface area contributed by atoms with Gasteiger partial charge in [0, 0.05) is 11.3 Å². The quantitative estimate of drug-likeness (QED) is 0.646. The molecule has 0 radical (unpaired) electrons. The van der Waals surface area contributed by atoms with Crippen LogP contribution in [-0.4, -0.2) is 16.6 Å². The Morgan fingerprint density at radius 2 is 1.67 bits per heavy atom. The van der Waals surface area contributed by atoms with Crippen molar-refractivity contribution in [1.82, 2.24) is 4.98 Å². The van der Waals surface area contributed by atoms with Crippen molar-refractivity contribution in [1.29, 1.82) is 0 Å². The number of benzene rings is 2. The number of para-hydroxylation sites is 2. The first-order valence-corrected chi connectivity index (χ1v) is 7.81. The third-order valence-corrected chi connectivity index (χ3v) is 4.00. The molecule has 5 heteroatoms. The van der Waals surface area contributed by atoms with E-state index in [2.05, 4.69) is 9.98 Å². The molecule has 2 heterocycles. The number of carbonyl (C=O) groups excluding carboxylic acids is 1. The minimum absolute atomic E-state index is 0.155. The SMILES string of the molecule is O=C1C(=Nc2ccc(Cl)nc2)c2ccccc2N1c1ccccc1. The highest BCUT2D eigenvalue weighted by molar-refractivity contribution is 6.56. The van der Waals surface area contributed by atoms with Crippen LogP contribution in [-0.2, 0) is 4.79 Å². The van der Waals surface area contributed by atoms with Crippen LogP contribution in [0.2, 0.25) is 5.15 Å². The van der Waals surface area contributed by atoms with Gasteiger partial charge in [0.15, 0.2) is 0 Å². The topological polar surface area (TPSA) is 45.6 Å². The first kappa shape index (κ1) is 14.6. The molecule has 0 N–H and O–H groups in total. The normalized spacial score (nSPS) is 15.0. The summed E-state index contributed by atoms with van der Waals surface area (Å²) in [5, 5.41) is 0.392. The zero-order valence-electron chi connectivity index (χ0n) is 12.6. The second-order valence-electron chi connectivity index (χ2n) is 5.29. The maximum absolute atomic E-state index is 13.0. The van der Waals surface area contributed by atoms with Gasteiger partial charge in [0.1, 0.15) is 10.9 Å². The molecule has 1 aromatic heterocycles. The summed E-state index contributed by atoms with van der Waals surface area (Å²) in [6.07, 6.45) is 1.55. The summed E-state index contributed by atoms with van der Waals surface area (Å²) in [6.45, 7) is 0. The number of fused-ring (bicyclic) bond motifs is 1. The molecule has 0 bridgehead atoms. The molecule has 0 fully saturated rings. The lowest BCUT2D eigenvalue weighted by Gasteiger charge is -2.16. The van der Waals surface area contributed by atoms with E-state index in [1.165, 1.54) is 0 Å². The van der Waals surface area contributed by atoms with Crippen LogP contribution < -0.4 is 4.90 Å². The predicted molar refractivity (Wildman–Crippen MR) is 95.5 cm³/mol. The second kappa shape index (κ2) is 5.91. The van der Waals surface area contributed by atoms with Crippen LogP contribution in [0.25, 0.3) is 0 Å². The number of hydrogen-bond acceptors (Lipinski definition) is 3. The van der Waals surface area contributed by atoms with Crippen molar-refractivity contribution in [3.05, 3.63) is 83.6 Å². The minimum Gasteiger partial charge on any atom is -0.275 e. The van der Waals surface area contributed by atoms with Crippen molar-refractivity contribution >= 4 is 40.3 Å². The molecule has 4 nitrogen and oxygen atoms in total. The first-order valence-electron chi connectivity index (χ1n) is 7.43. The first-order chi connectivity index (χ1) is 11.7. The number of hydrogen-bond donors (Lipinski definition) is 0. The van der Waals surface area contributed by atoms with E-state index in [1.807, 2.05) is 54.6 Å². The van der Waals surface area contributed by atoms with Crippen LogP contribution in [0.3, 0.4) is 0 Å². The van der Waals surface area contributed by atoms with E-state index < -0.39 is 0 Å². The smallest absolute Gasteiger partial charge is 0.275 e. The van der Waals surface area contributed by atoms with Gasteiger partial charge in [-0.2, -0.15) is 0 Å². The molecule has 4 rings (SSSR count). The van der Waals surface area contributed by atoms with Gasteiger partial charge in [-0.3, -0.25) is 9.69 Å². The number of rotatable bonds is 2. The van der Waals surface area contributed by atoms with Gasteiger partial charge in [-0.05, 0) is 30.3 Å². The molecule has 0 spiro atoms. The summed E-state index contributed by atoms with van der Waals surface area (Å²) >= 11 is 5.81. The predicted octanol–water partition coefficient (Wildman–Crippen LogP) is 4.53. The molecule has 0 aliphatic carbocycles. The molecule has 2 aromatic carbocycles. The van der Waals surface area contributed by atoms with E-state index in [1.54, 1.807) is 23.2 Å². The van der Waals surface area contributed by atoms with Crippen LogP contribution in [0.15, 0.2) is 77.9 Å². The second-order valence-corrected chi connectivity index (χ2v) is 5.68. The molecule has 0 saturated heterocycles. The number of anilines is 2. The summed E-state index contributed by atoms with van der Waals surface area (Å²) in [6, 6.07) is 20.6. The van der Waals surface area contributed by atoms with Gasteiger partial charge < -0.3 is 0 Å². The number of amides is 1. The fraction of sp³-hybridized carbons (Fsp3) is 0. The molecular weight excluding hydrogens is 322 g/mol. The summed E-state index contributed by atoms with van der Waals surface area (Å²) in [4.78, 5) is 23.2. The van der Waals surface area contributed by atoms with Gasteiger partial charge in [-0.15, -0.1) is 0 Å². The minimum atomic E-state index is -0.155. The van der Waals surface area contributed by atoms with Gasteiger partial charge >= 0.3 is 0 Å². The molecule has 0 unspecified atom stereocenters. The summed E-state index contributed by atoms with van der Waals surface area (Å²) in [5.74, 6) is -0.155. The van der Waals surface area contributed by atoms with E-state index in [0.717, 1.165) is 16.9 Å². The van der Waals surface area contributed by atoms with Crippen LogP contribution in [0.1, 0.15) is 5.56 Å². The average molecular weight is 334 g/mol. The third-order valence-electron chi connectivity index (χ3n) is 3.77. The van der Waals surface area contributed by atoms with Crippen LogP contribution in [0.4, 0.5) is 17.1 Å². The maximum Gasteiger partial charge on any atom is 0.282 e. The van der Waals surface area contributed by atoms with Crippen LogP contribution >= 0.6 is 11.6 Å². The Kier molecular flexibility index (Phi) is 3.59. The van der Waals surface area contributed by atoms with Crippen molar-refractivity contribution in [3.63, 3.8) is 0 Å². The van der Waals surface area contributed by atoms with E-state index in [9.17, 15) is 4.79 Å². The average Bonchev–Trinajstić information content (AvgIpc) is 2.90. The molecule has 1 amide bonds. The van der Waals surface area contributed by atoms with Gasteiger partial charge in [0.2, 0.25) is 0 Å². The third kappa shape index (κ3) is 2.47. The summed E-state index contributed by atoms with van der Waals surface area (Å²) in [5.41, 5.74) is 3.44. The monoisotopic (exact) mass is 333 g/mol. The Hall–Kier alpha value is -2.98. The largest absolute Gasteiger partial charge is 0.282 e. The van der Waals surface area contributed by atoms with Gasteiger partial charge in [-0.1, -0.05) is 48.0 Å². The van der Waals surface area contributed by atoms with E-state index in [4.69, 9.17) is 11.6 Å². The highest BCUT2D eigenvalue weighted by Crippen LogP contribution is 2.36. The van der Waals surface area contributed by atoms with E-state index >= 15 is 0 Å². The number of aliphatic imine (C=N–C) groups is 1. The number of carbonyl (C=O) groups is 1. The lowest BCUT2D eigenvalue weighted by atomic mass is 10.1. The molecule has 1 aliphatic heterocycles. The van der Waals surface area contributed by atoms with Crippen molar-refractivity contribution in [2.45, 2.75) is 0 Å². The molecular formula is C19H12ClN3O. The Morgan fingerprint density at radius 3 is 2.42 bits per heavy atom. The van der Waals surface area contributed by atoms with Crippen LogP contribution in [0.5, 0.6) is 0 Å². The molecule has 1 aliphatic rings. The zero-order chi connectivity index (χ0) is 16.5. The number of halogens is 1. The lowest BCUT2D eigenvalue weighted by Crippen LogP contribution is -2.25. The Labute approximate surface area is 144 Å². The Balaban J connectivity index is 1.85. The highest BCUT2D eigenvalue weighted by Gasteiger charge is 2.34. The molecule has 0 atom stereocenters. The van der Waals surface area contributed by atoms with E-state index in [0.29, 0.717) is 16.6 Å². The number of nitrogens with zero attached hydrogens (tertiary/aromatic N) is 3.